The van der Waals surface area contributed by atoms with Crippen LogP contribution in [0.25, 0.3) is 10.9 Å². The summed E-state index contributed by atoms with van der Waals surface area (Å²) in [5.41, 5.74) is 1.29. The summed E-state index contributed by atoms with van der Waals surface area (Å²) in [5.74, 6) is -0.660. The van der Waals surface area contributed by atoms with Gasteiger partial charge in [0.1, 0.15) is 5.82 Å². The van der Waals surface area contributed by atoms with Gasteiger partial charge in [-0.1, -0.05) is 11.6 Å². The summed E-state index contributed by atoms with van der Waals surface area (Å²) in [7, 11) is -2.19. The first-order valence-corrected chi connectivity index (χ1v) is 11.5. The minimum Gasteiger partial charge on any atom is -0.352 e. The van der Waals surface area contributed by atoms with Crippen molar-refractivity contribution in [3.05, 3.63) is 57.3 Å². The zero-order chi connectivity index (χ0) is 22.3. The SMILES string of the molecule is Cc1c(Nc2c(F)ccc(NS(=O)(=O)N3CCCC3)c2Cl)ccc2ncn(C)c(=O)c12. The third-order valence-corrected chi connectivity index (χ3v) is 7.26. The Morgan fingerprint density at radius 1 is 1.13 bits per heavy atom. The molecule has 1 aliphatic heterocycles. The van der Waals surface area contributed by atoms with E-state index in [-0.39, 0.29) is 22.0 Å². The van der Waals surface area contributed by atoms with Crippen molar-refractivity contribution >= 4 is 49.8 Å². The summed E-state index contributed by atoms with van der Waals surface area (Å²) in [5, 5.41) is 3.20. The number of fused-ring (bicyclic) bond motifs is 1. The van der Waals surface area contributed by atoms with Gasteiger partial charge in [0.25, 0.3) is 5.56 Å². The zero-order valence-electron chi connectivity index (χ0n) is 16.9. The highest BCUT2D eigenvalue weighted by atomic mass is 35.5. The molecule has 1 aromatic heterocycles. The maximum atomic E-state index is 14.6. The smallest absolute Gasteiger partial charge is 0.301 e. The first kappa shape index (κ1) is 21.5. The topological polar surface area (TPSA) is 96.3 Å². The molecule has 0 spiro atoms. The normalized spacial score (nSPS) is 14.8. The molecule has 3 aromatic rings. The molecule has 1 aliphatic rings. The van der Waals surface area contributed by atoms with Crippen LogP contribution in [0.15, 0.2) is 35.4 Å². The number of benzene rings is 2. The monoisotopic (exact) mass is 465 g/mol. The Morgan fingerprint density at radius 2 is 1.81 bits per heavy atom. The van der Waals surface area contributed by atoms with E-state index in [2.05, 4.69) is 15.0 Å². The summed E-state index contributed by atoms with van der Waals surface area (Å²) in [4.78, 5) is 16.8. The quantitative estimate of drug-likeness (QED) is 0.601. The molecule has 164 valence electrons. The third-order valence-electron chi connectivity index (χ3n) is 5.34. The second-order valence-electron chi connectivity index (χ2n) is 7.42. The van der Waals surface area contributed by atoms with Gasteiger partial charge in [0.05, 0.1) is 33.6 Å². The van der Waals surface area contributed by atoms with Gasteiger partial charge in [-0.05, 0) is 49.6 Å². The van der Waals surface area contributed by atoms with E-state index in [4.69, 9.17) is 11.6 Å². The lowest BCUT2D eigenvalue weighted by atomic mass is 10.1. The third kappa shape index (κ3) is 3.98. The second-order valence-corrected chi connectivity index (χ2v) is 9.46. The van der Waals surface area contributed by atoms with Gasteiger partial charge in [0.15, 0.2) is 0 Å². The molecule has 4 rings (SSSR count). The van der Waals surface area contributed by atoms with Crippen LogP contribution >= 0.6 is 11.6 Å². The van der Waals surface area contributed by atoms with E-state index in [0.717, 1.165) is 18.9 Å². The van der Waals surface area contributed by atoms with Gasteiger partial charge in [-0.15, -0.1) is 0 Å². The van der Waals surface area contributed by atoms with Gasteiger partial charge in [0.2, 0.25) is 0 Å². The van der Waals surface area contributed by atoms with E-state index < -0.39 is 16.0 Å². The molecular weight excluding hydrogens is 445 g/mol. The molecule has 0 aliphatic carbocycles. The van der Waals surface area contributed by atoms with Crippen LogP contribution in [0.3, 0.4) is 0 Å². The molecule has 31 heavy (non-hydrogen) atoms. The van der Waals surface area contributed by atoms with Crippen molar-refractivity contribution in [2.45, 2.75) is 19.8 Å². The van der Waals surface area contributed by atoms with E-state index in [1.54, 1.807) is 26.1 Å². The number of halogens is 2. The first-order valence-electron chi connectivity index (χ1n) is 9.67. The summed E-state index contributed by atoms with van der Waals surface area (Å²) >= 11 is 6.38. The van der Waals surface area contributed by atoms with Gasteiger partial charge in [0, 0.05) is 25.8 Å². The number of anilines is 3. The molecule has 2 heterocycles. The fourth-order valence-corrected chi connectivity index (χ4v) is 5.22. The van der Waals surface area contributed by atoms with Gasteiger partial charge >= 0.3 is 10.2 Å². The van der Waals surface area contributed by atoms with Crippen molar-refractivity contribution in [3.8, 4) is 0 Å². The van der Waals surface area contributed by atoms with Crippen LogP contribution < -0.4 is 15.6 Å². The Morgan fingerprint density at radius 3 is 2.52 bits per heavy atom. The fourth-order valence-electron chi connectivity index (χ4n) is 3.60. The number of nitrogens with zero attached hydrogens (tertiary/aromatic N) is 3. The van der Waals surface area contributed by atoms with Crippen LogP contribution in [0.1, 0.15) is 18.4 Å². The minimum atomic E-state index is -3.79. The molecule has 2 aromatic carbocycles. The van der Waals surface area contributed by atoms with E-state index in [1.807, 2.05) is 0 Å². The lowest BCUT2D eigenvalue weighted by Crippen LogP contribution is -2.33. The van der Waals surface area contributed by atoms with Crippen LogP contribution in [-0.4, -0.2) is 35.4 Å². The molecule has 0 bridgehead atoms. The Hall–Kier alpha value is -2.69. The number of hydrogen-bond donors (Lipinski definition) is 2. The van der Waals surface area contributed by atoms with Gasteiger partial charge in [-0.3, -0.25) is 9.52 Å². The van der Waals surface area contributed by atoms with Gasteiger partial charge in [-0.2, -0.15) is 12.7 Å². The van der Waals surface area contributed by atoms with E-state index in [9.17, 15) is 17.6 Å². The number of aryl methyl sites for hydroxylation is 2. The molecule has 0 atom stereocenters. The number of hydrogen-bond acceptors (Lipinski definition) is 5. The van der Waals surface area contributed by atoms with Crippen LogP contribution in [0.4, 0.5) is 21.5 Å². The minimum absolute atomic E-state index is 0.0634. The highest BCUT2D eigenvalue weighted by molar-refractivity contribution is 7.90. The highest BCUT2D eigenvalue weighted by Crippen LogP contribution is 2.37. The molecule has 0 amide bonds. The Labute approximate surface area is 183 Å². The number of nitrogens with one attached hydrogen (secondary N) is 2. The van der Waals surface area contributed by atoms with Crippen molar-refractivity contribution in [2.24, 2.45) is 7.05 Å². The lowest BCUT2D eigenvalue weighted by molar-refractivity contribution is 0.482. The summed E-state index contributed by atoms with van der Waals surface area (Å²) < 4.78 is 44.9. The molecule has 11 heteroatoms. The standard InChI is InChI=1S/C20H21ClFN5O3S/c1-12-14(7-8-15-17(12)20(28)26(2)11-23-15)24-19-13(22)5-6-16(18(19)21)25-31(29,30)27-9-3-4-10-27/h5-8,11,24-25H,3-4,9-10H2,1-2H3. The molecule has 2 N–H and O–H groups in total. The first-order chi connectivity index (χ1) is 14.7. The highest BCUT2D eigenvalue weighted by Gasteiger charge is 2.26. The van der Waals surface area contributed by atoms with Crippen molar-refractivity contribution in [1.29, 1.82) is 0 Å². The van der Waals surface area contributed by atoms with Crippen LogP contribution in [-0.2, 0) is 17.3 Å². The second kappa shape index (κ2) is 8.10. The van der Waals surface area contributed by atoms with Crippen molar-refractivity contribution in [2.75, 3.05) is 23.1 Å². The molecule has 1 saturated heterocycles. The lowest BCUT2D eigenvalue weighted by Gasteiger charge is -2.19. The van der Waals surface area contributed by atoms with Crippen LogP contribution in [0, 0.1) is 12.7 Å². The largest absolute Gasteiger partial charge is 0.352 e. The van der Waals surface area contributed by atoms with E-state index in [0.29, 0.717) is 35.2 Å². The molecule has 8 nitrogen and oxygen atoms in total. The van der Waals surface area contributed by atoms with Crippen molar-refractivity contribution in [3.63, 3.8) is 0 Å². The predicted molar refractivity (Wildman–Crippen MR) is 120 cm³/mol. The molecular formula is C20H21ClFN5O3S. The van der Waals surface area contributed by atoms with Gasteiger partial charge < -0.3 is 9.88 Å². The average molecular weight is 466 g/mol. The zero-order valence-corrected chi connectivity index (χ0v) is 18.5. The molecule has 1 fully saturated rings. The average Bonchev–Trinajstić information content (AvgIpc) is 3.27. The van der Waals surface area contributed by atoms with E-state index in [1.165, 1.54) is 21.3 Å². The Bertz CT molecular complexity index is 1340. The maximum absolute atomic E-state index is 14.6. The summed E-state index contributed by atoms with van der Waals surface area (Å²) in [6.45, 7) is 2.58. The number of rotatable bonds is 5. The fraction of sp³-hybridized carbons (Fsp3) is 0.300. The van der Waals surface area contributed by atoms with Crippen LogP contribution in [0.2, 0.25) is 5.02 Å². The number of aromatic nitrogens is 2. The molecule has 0 unspecified atom stereocenters. The Kier molecular flexibility index (Phi) is 5.63. The maximum Gasteiger partial charge on any atom is 0.301 e. The Balaban J connectivity index is 1.73. The summed E-state index contributed by atoms with van der Waals surface area (Å²) in [6, 6.07) is 5.73. The van der Waals surface area contributed by atoms with Crippen molar-refractivity contribution in [1.82, 2.24) is 13.9 Å². The van der Waals surface area contributed by atoms with E-state index >= 15 is 0 Å². The molecule has 0 saturated carbocycles. The van der Waals surface area contributed by atoms with Gasteiger partial charge in [-0.25, -0.2) is 9.37 Å². The molecule has 0 radical (unpaired) electrons. The predicted octanol–water partition coefficient (Wildman–Crippen LogP) is 3.53. The van der Waals surface area contributed by atoms with Crippen molar-refractivity contribution < 1.29 is 12.8 Å². The summed E-state index contributed by atoms with van der Waals surface area (Å²) in [6.07, 6.45) is 3.02. The van der Waals surface area contributed by atoms with Crippen LogP contribution in [0.5, 0.6) is 0 Å².